The van der Waals surface area contributed by atoms with E-state index in [0.717, 1.165) is 18.4 Å². The molecular formula is C17H28N2OSi. The molecule has 0 aliphatic rings. The second-order valence-electron chi connectivity index (χ2n) is 6.89. The molecule has 0 radical (unpaired) electrons. The second kappa shape index (κ2) is 7.10. The van der Waals surface area contributed by atoms with Gasteiger partial charge in [-0.1, -0.05) is 39.5 Å². The third kappa shape index (κ3) is 5.53. The molecule has 0 aromatic carbocycles. The van der Waals surface area contributed by atoms with E-state index in [1.807, 2.05) is 6.07 Å². The minimum atomic E-state index is -1.72. The van der Waals surface area contributed by atoms with Crippen molar-refractivity contribution in [2.24, 2.45) is 0 Å². The van der Waals surface area contributed by atoms with Gasteiger partial charge in [-0.15, -0.1) is 0 Å². The summed E-state index contributed by atoms with van der Waals surface area (Å²) in [5.74, 6) is 6.86. The number of nitrogens with two attached hydrogens (primary N) is 1. The summed E-state index contributed by atoms with van der Waals surface area (Å²) in [6, 6.07) is 3.67. The molecule has 0 saturated carbocycles. The zero-order chi connectivity index (χ0) is 16.1. The number of aromatic nitrogens is 1. The Morgan fingerprint density at radius 1 is 1.33 bits per heavy atom. The third-order valence-electron chi connectivity index (χ3n) is 4.07. The number of anilines is 1. The van der Waals surface area contributed by atoms with Gasteiger partial charge in [0.2, 0.25) is 0 Å². The number of hydrogen-bond acceptors (Lipinski definition) is 3. The van der Waals surface area contributed by atoms with Gasteiger partial charge in [-0.3, -0.25) is 0 Å². The molecule has 0 fully saturated rings. The van der Waals surface area contributed by atoms with E-state index in [-0.39, 0.29) is 11.1 Å². The first-order valence-electron chi connectivity index (χ1n) is 7.54. The van der Waals surface area contributed by atoms with E-state index in [9.17, 15) is 0 Å². The smallest absolute Gasteiger partial charge is 0.192 e. The van der Waals surface area contributed by atoms with E-state index in [0.29, 0.717) is 5.82 Å². The molecule has 3 nitrogen and oxygen atoms in total. The lowest BCUT2D eigenvalue weighted by Crippen LogP contribution is -2.43. The summed E-state index contributed by atoms with van der Waals surface area (Å²) in [5, 5.41) is 0.231. The normalized spacial score (nSPS) is 13.4. The van der Waals surface area contributed by atoms with Crippen LogP contribution in [-0.4, -0.2) is 19.4 Å². The SMILES string of the molecule is CC[C@H](CC#Cc1ccc(N)nc1)O[Si](C)(C)C(C)(C)C. The summed E-state index contributed by atoms with van der Waals surface area (Å²) in [6.07, 6.45) is 3.66. The monoisotopic (exact) mass is 304 g/mol. The van der Waals surface area contributed by atoms with Gasteiger partial charge in [0.05, 0.1) is 6.10 Å². The van der Waals surface area contributed by atoms with Crippen molar-refractivity contribution in [3.63, 3.8) is 0 Å². The predicted octanol–water partition coefficient (Wildman–Crippen LogP) is 4.21. The average molecular weight is 305 g/mol. The van der Waals surface area contributed by atoms with Crippen LogP contribution in [0.25, 0.3) is 0 Å². The Balaban J connectivity index is 2.66. The van der Waals surface area contributed by atoms with Gasteiger partial charge in [-0.25, -0.2) is 4.98 Å². The summed E-state index contributed by atoms with van der Waals surface area (Å²) in [6.45, 7) is 13.5. The number of nitrogens with zero attached hydrogens (tertiary/aromatic N) is 1. The maximum absolute atomic E-state index is 6.41. The molecular weight excluding hydrogens is 276 g/mol. The Labute approximate surface area is 130 Å². The van der Waals surface area contributed by atoms with Crippen LogP contribution in [0.2, 0.25) is 18.1 Å². The van der Waals surface area contributed by atoms with E-state index < -0.39 is 8.32 Å². The van der Waals surface area contributed by atoms with Gasteiger partial charge in [0.15, 0.2) is 8.32 Å². The summed E-state index contributed by atoms with van der Waals surface area (Å²) >= 11 is 0. The number of rotatable bonds is 4. The van der Waals surface area contributed by atoms with Crippen LogP contribution in [0.15, 0.2) is 18.3 Å². The molecule has 116 valence electrons. The van der Waals surface area contributed by atoms with Crippen molar-refractivity contribution in [1.29, 1.82) is 0 Å². The quantitative estimate of drug-likeness (QED) is 0.669. The highest BCUT2D eigenvalue weighted by molar-refractivity contribution is 6.74. The van der Waals surface area contributed by atoms with Gasteiger partial charge in [-0.2, -0.15) is 0 Å². The van der Waals surface area contributed by atoms with E-state index in [4.69, 9.17) is 10.2 Å². The van der Waals surface area contributed by atoms with Crippen LogP contribution >= 0.6 is 0 Å². The standard InChI is InChI=1S/C17H28N2OSi/c1-7-15(20-21(5,6)17(2,3)4)10-8-9-14-11-12-16(18)19-13-14/h11-13,15H,7,10H2,1-6H3,(H2,18,19)/t15-/m1/s1. The fourth-order valence-corrected chi connectivity index (χ4v) is 3.05. The fraction of sp³-hybridized carbons (Fsp3) is 0.588. The first-order chi connectivity index (χ1) is 9.65. The number of hydrogen-bond donors (Lipinski definition) is 1. The van der Waals surface area contributed by atoms with Gasteiger partial charge in [-0.05, 0) is 36.7 Å². The molecule has 0 aliphatic carbocycles. The molecule has 0 aliphatic heterocycles. The molecule has 2 N–H and O–H groups in total. The maximum Gasteiger partial charge on any atom is 0.192 e. The highest BCUT2D eigenvalue weighted by atomic mass is 28.4. The first-order valence-corrected chi connectivity index (χ1v) is 10.4. The zero-order valence-electron chi connectivity index (χ0n) is 14.2. The van der Waals surface area contributed by atoms with Gasteiger partial charge in [0.1, 0.15) is 5.82 Å². The Kier molecular flexibility index (Phi) is 6.00. The molecule has 1 rings (SSSR count). The van der Waals surface area contributed by atoms with Gasteiger partial charge < -0.3 is 10.2 Å². The van der Waals surface area contributed by atoms with Crippen molar-refractivity contribution in [3.05, 3.63) is 23.9 Å². The van der Waals surface area contributed by atoms with E-state index in [1.54, 1.807) is 12.3 Å². The Morgan fingerprint density at radius 3 is 2.48 bits per heavy atom. The zero-order valence-corrected chi connectivity index (χ0v) is 15.2. The molecule has 1 atom stereocenters. The minimum Gasteiger partial charge on any atom is -0.413 e. The summed E-state index contributed by atoms with van der Waals surface area (Å²) < 4.78 is 6.41. The molecule has 1 heterocycles. The second-order valence-corrected chi connectivity index (χ2v) is 11.6. The lowest BCUT2D eigenvalue weighted by atomic mass is 10.2. The van der Waals surface area contributed by atoms with Gasteiger partial charge in [0.25, 0.3) is 0 Å². The highest BCUT2D eigenvalue weighted by Crippen LogP contribution is 2.37. The van der Waals surface area contributed by atoms with Crippen molar-refractivity contribution < 1.29 is 4.43 Å². The van der Waals surface area contributed by atoms with Crippen LogP contribution in [0.5, 0.6) is 0 Å². The van der Waals surface area contributed by atoms with Gasteiger partial charge in [0, 0.05) is 18.2 Å². The number of nitrogen functional groups attached to an aromatic ring is 1. The Hall–Kier alpha value is -1.31. The fourth-order valence-electron chi connectivity index (χ4n) is 1.61. The average Bonchev–Trinajstić information content (AvgIpc) is 2.38. The summed E-state index contributed by atoms with van der Waals surface area (Å²) in [7, 11) is -1.72. The topological polar surface area (TPSA) is 48.1 Å². The Bertz CT molecular complexity index is 506. The molecule has 0 saturated heterocycles. The lowest BCUT2D eigenvalue weighted by Gasteiger charge is -2.38. The molecule has 0 unspecified atom stereocenters. The van der Waals surface area contributed by atoms with Crippen molar-refractivity contribution in [2.75, 3.05) is 5.73 Å². The number of pyridine rings is 1. The summed E-state index contributed by atoms with van der Waals surface area (Å²) in [4.78, 5) is 4.04. The largest absolute Gasteiger partial charge is 0.413 e. The van der Waals surface area contributed by atoms with Crippen LogP contribution in [0.1, 0.15) is 46.1 Å². The molecule has 4 heteroatoms. The van der Waals surface area contributed by atoms with Crippen LogP contribution in [0, 0.1) is 11.8 Å². The van der Waals surface area contributed by atoms with Gasteiger partial charge >= 0.3 is 0 Å². The lowest BCUT2D eigenvalue weighted by molar-refractivity contribution is 0.181. The third-order valence-corrected chi connectivity index (χ3v) is 8.61. The summed E-state index contributed by atoms with van der Waals surface area (Å²) in [5.41, 5.74) is 6.46. The van der Waals surface area contributed by atoms with E-state index in [1.165, 1.54) is 0 Å². The van der Waals surface area contributed by atoms with E-state index in [2.05, 4.69) is 57.6 Å². The molecule has 0 bridgehead atoms. The van der Waals surface area contributed by atoms with Crippen molar-refractivity contribution in [2.45, 2.75) is 64.8 Å². The predicted molar refractivity (Wildman–Crippen MR) is 92.5 cm³/mol. The molecule has 1 aromatic heterocycles. The van der Waals surface area contributed by atoms with E-state index >= 15 is 0 Å². The molecule has 0 amide bonds. The molecule has 0 spiro atoms. The van der Waals surface area contributed by atoms with Crippen LogP contribution in [-0.2, 0) is 4.43 Å². The minimum absolute atomic E-state index is 0.208. The maximum atomic E-state index is 6.41. The first kappa shape index (κ1) is 17.7. The Morgan fingerprint density at radius 2 is 2.00 bits per heavy atom. The van der Waals surface area contributed by atoms with Crippen molar-refractivity contribution >= 4 is 14.1 Å². The highest BCUT2D eigenvalue weighted by Gasteiger charge is 2.38. The van der Waals surface area contributed by atoms with Crippen molar-refractivity contribution in [3.8, 4) is 11.8 Å². The van der Waals surface area contributed by atoms with Crippen LogP contribution in [0.3, 0.4) is 0 Å². The van der Waals surface area contributed by atoms with Crippen LogP contribution < -0.4 is 5.73 Å². The van der Waals surface area contributed by atoms with Crippen molar-refractivity contribution in [1.82, 2.24) is 4.98 Å². The molecule has 1 aromatic rings. The van der Waals surface area contributed by atoms with Crippen LogP contribution in [0.4, 0.5) is 5.82 Å². The molecule has 21 heavy (non-hydrogen) atoms.